The van der Waals surface area contributed by atoms with Crippen molar-refractivity contribution in [2.75, 3.05) is 0 Å². The maximum absolute atomic E-state index is 12.0. The summed E-state index contributed by atoms with van der Waals surface area (Å²) >= 11 is 0. The minimum atomic E-state index is -3.54. The van der Waals surface area contributed by atoms with Crippen molar-refractivity contribution >= 4 is 26.8 Å². The first-order chi connectivity index (χ1) is 10.7. The van der Waals surface area contributed by atoms with E-state index in [0.29, 0.717) is 16.9 Å². The monoisotopic (exact) mass is 336 g/mol. The molecule has 0 fully saturated rings. The molecule has 6 nitrogen and oxygen atoms in total. The van der Waals surface area contributed by atoms with Crippen LogP contribution in [0.5, 0.6) is 0 Å². The number of hydrogen-bond acceptors (Lipinski definition) is 6. The van der Waals surface area contributed by atoms with Crippen LogP contribution in [0.2, 0.25) is 0 Å². The molecular weight excluding hydrogens is 316 g/mol. The van der Waals surface area contributed by atoms with Crippen LogP contribution in [0.3, 0.4) is 0 Å². The Kier molecular flexibility index (Phi) is 4.99. The standard InChI is InChI=1S/C16H20N2O4S/c1-10(2)23(20,21)12(4)16(19)22-9-15-11(3)17-13-7-5-6-8-14(13)18-15/h5-8,10,12H,9H2,1-4H3. The van der Waals surface area contributed by atoms with Crippen LogP contribution in [0.4, 0.5) is 0 Å². The van der Waals surface area contributed by atoms with Gasteiger partial charge >= 0.3 is 5.97 Å². The highest BCUT2D eigenvalue weighted by atomic mass is 32.2. The van der Waals surface area contributed by atoms with E-state index in [1.807, 2.05) is 24.3 Å². The van der Waals surface area contributed by atoms with Gasteiger partial charge in [0.05, 0.1) is 27.7 Å². The van der Waals surface area contributed by atoms with Crippen LogP contribution in [-0.4, -0.2) is 34.9 Å². The second-order valence-corrected chi connectivity index (χ2v) is 8.46. The molecule has 23 heavy (non-hydrogen) atoms. The summed E-state index contributed by atoms with van der Waals surface area (Å²) in [7, 11) is -3.54. The molecule has 1 atom stereocenters. The predicted molar refractivity (Wildman–Crippen MR) is 87.6 cm³/mol. The van der Waals surface area contributed by atoms with Crippen molar-refractivity contribution in [1.29, 1.82) is 0 Å². The predicted octanol–water partition coefficient (Wildman–Crippen LogP) is 2.19. The number of carbonyl (C=O) groups is 1. The second kappa shape index (κ2) is 6.62. The van der Waals surface area contributed by atoms with Crippen LogP contribution in [0.15, 0.2) is 24.3 Å². The van der Waals surface area contributed by atoms with Gasteiger partial charge in [0.25, 0.3) is 0 Å². The normalized spacial score (nSPS) is 13.3. The zero-order valence-electron chi connectivity index (χ0n) is 13.6. The smallest absolute Gasteiger partial charge is 0.324 e. The zero-order valence-corrected chi connectivity index (χ0v) is 14.4. The van der Waals surface area contributed by atoms with Crippen LogP contribution < -0.4 is 0 Å². The molecule has 0 N–H and O–H groups in total. The highest BCUT2D eigenvalue weighted by Crippen LogP contribution is 2.15. The fourth-order valence-electron chi connectivity index (χ4n) is 2.06. The molecule has 124 valence electrons. The third kappa shape index (κ3) is 3.67. The molecule has 1 unspecified atom stereocenters. The summed E-state index contributed by atoms with van der Waals surface area (Å²) in [5.41, 5.74) is 2.63. The number of benzene rings is 1. The van der Waals surface area contributed by atoms with E-state index < -0.39 is 26.3 Å². The van der Waals surface area contributed by atoms with E-state index in [9.17, 15) is 13.2 Å². The molecule has 0 bridgehead atoms. The van der Waals surface area contributed by atoms with Gasteiger partial charge in [0, 0.05) is 0 Å². The zero-order chi connectivity index (χ0) is 17.2. The van der Waals surface area contributed by atoms with Gasteiger partial charge in [0.15, 0.2) is 15.1 Å². The lowest BCUT2D eigenvalue weighted by Crippen LogP contribution is -2.34. The van der Waals surface area contributed by atoms with E-state index in [0.717, 1.165) is 5.52 Å². The summed E-state index contributed by atoms with van der Waals surface area (Å²) in [4.78, 5) is 20.8. The number of carbonyl (C=O) groups excluding carboxylic acids is 1. The van der Waals surface area contributed by atoms with E-state index in [1.54, 1.807) is 6.92 Å². The van der Waals surface area contributed by atoms with E-state index in [1.165, 1.54) is 20.8 Å². The Labute approximate surface area is 135 Å². The Balaban J connectivity index is 2.15. The van der Waals surface area contributed by atoms with Crippen molar-refractivity contribution in [1.82, 2.24) is 9.97 Å². The van der Waals surface area contributed by atoms with Crippen molar-refractivity contribution in [3.05, 3.63) is 35.7 Å². The van der Waals surface area contributed by atoms with Gasteiger partial charge in [-0.2, -0.15) is 0 Å². The average molecular weight is 336 g/mol. The number of fused-ring (bicyclic) bond motifs is 1. The first-order valence-electron chi connectivity index (χ1n) is 7.35. The number of sulfone groups is 1. The van der Waals surface area contributed by atoms with Crippen molar-refractivity contribution in [2.45, 2.75) is 44.8 Å². The molecule has 7 heteroatoms. The molecule has 0 amide bonds. The minimum Gasteiger partial charge on any atom is -0.458 e. The number of rotatable bonds is 5. The highest BCUT2D eigenvalue weighted by molar-refractivity contribution is 7.93. The first kappa shape index (κ1) is 17.3. The van der Waals surface area contributed by atoms with E-state index in [2.05, 4.69) is 9.97 Å². The van der Waals surface area contributed by atoms with E-state index in [4.69, 9.17) is 4.74 Å². The molecule has 0 aliphatic heterocycles. The number of para-hydroxylation sites is 2. The number of nitrogens with zero attached hydrogens (tertiary/aromatic N) is 2. The summed E-state index contributed by atoms with van der Waals surface area (Å²) < 4.78 is 29.1. The second-order valence-electron chi connectivity index (χ2n) is 5.63. The quantitative estimate of drug-likeness (QED) is 0.778. The number of aromatic nitrogens is 2. The number of ether oxygens (including phenoxy) is 1. The molecule has 2 aromatic rings. The lowest BCUT2D eigenvalue weighted by molar-refractivity contribution is -0.144. The SMILES string of the molecule is Cc1nc2ccccc2nc1COC(=O)C(C)S(=O)(=O)C(C)C. The Bertz CT molecular complexity index is 831. The molecule has 0 aliphatic rings. The van der Waals surface area contributed by atoms with Crippen LogP contribution in [0.25, 0.3) is 11.0 Å². The fraction of sp³-hybridized carbons (Fsp3) is 0.438. The van der Waals surface area contributed by atoms with Crippen molar-refractivity contribution in [3.63, 3.8) is 0 Å². The lowest BCUT2D eigenvalue weighted by atomic mass is 10.2. The van der Waals surface area contributed by atoms with Crippen LogP contribution in [-0.2, 0) is 26.0 Å². The van der Waals surface area contributed by atoms with E-state index >= 15 is 0 Å². The highest BCUT2D eigenvalue weighted by Gasteiger charge is 2.32. The van der Waals surface area contributed by atoms with Gasteiger partial charge in [0.1, 0.15) is 6.61 Å². The van der Waals surface area contributed by atoms with Gasteiger partial charge in [-0.3, -0.25) is 4.79 Å². The maximum Gasteiger partial charge on any atom is 0.324 e. The third-order valence-corrected chi connectivity index (χ3v) is 6.17. The van der Waals surface area contributed by atoms with Crippen molar-refractivity contribution in [2.24, 2.45) is 0 Å². The first-order valence-corrected chi connectivity index (χ1v) is 8.96. The lowest BCUT2D eigenvalue weighted by Gasteiger charge is -2.15. The Morgan fingerprint density at radius 1 is 1.13 bits per heavy atom. The maximum atomic E-state index is 12.0. The minimum absolute atomic E-state index is 0.0968. The third-order valence-electron chi connectivity index (χ3n) is 3.68. The molecule has 0 saturated carbocycles. The van der Waals surface area contributed by atoms with Gasteiger partial charge in [-0.15, -0.1) is 0 Å². The average Bonchev–Trinajstić information content (AvgIpc) is 2.51. The largest absolute Gasteiger partial charge is 0.458 e. The summed E-state index contributed by atoms with van der Waals surface area (Å²) in [6, 6.07) is 7.38. The van der Waals surface area contributed by atoms with Crippen LogP contribution in [0.1, 0.15) is 32.2 Å². The summed E-state index contributed by atoms with van der Waals surface area (Å²) in [5.74, 6) is -0.770. The van der Waals surface area contributed by atoms with Crippen LogP contribution >= 0.6 is 0 Å². The summed E-state index contributed by atoms with van der Waals surface area (Å²) in [6.45, 7) is 6.10. The Hall–Kier alpha value is -2.02. The van der Waals surface area contributed by atoms with Gasteiger partial charge in [-0.05, 0) is 39.8 Å². The number of hydrogen-bond donors (Lipinski definition) is 0. The molecule has 0 spiro atoms. The topological polar surface area (TPSA) is 86.2 Å². The summed E-state index contributed by atoms with van der Waals surface area (Å²) in [6.07, 6.45) is 0. The molecule has 1 heterocycles. The molecular formula is C16H20N2O4S. The molecule has 0 saturated heterocycles. The molecule has 0 aliphatic carbocycles. The summed E-state index contributed by atoms with van der Waals surface area (Å²) in [5, 5.41) is -1.83. The van der Waals surface area contributed by atoms with Crippen molar-refractivity contribution < 1.29 is 17.9 Å². The Morgan fingerprint density at radius 3 is 2.26 bits per heavy atom. The molecule has 0 radical (unpaired) electrons. The molecule has 1 aromatic carbocycles. The van der Waals surface area contributed by atoms with Gasteiger partial charge in [-0.1, -0.05) is 12.1 Å². The molecule has 1 aromatic heterocycles. The van der Waals surface area contributed by atoms with Gasteiger partial charge < -0.3 is 4.74 Å². The van der Waals surface area contributed by atoms with Crippen LogP contribution in [0, 0.1) is 6.92 Å². The van der Waals surface area contributed by atoms with Gasteiger partial charge in [0.2, 0.25) is 0 Å². The number of esters is 1. The van der Waals surface area contributed by atoms with Gasteiger partial charge in [-0.25, -0.2) is 18.4 Å². The molecule has 2 rings (SSSR count). The van der Waals surface area contributed by atoms with Crippen molar-refractivity contribution in [3.8, 4) is 0 Å². The fourth-order valence-corrected chi connectivity index (χ4v) is 3.21. The number of aryl methyl sites for hydroxylation is 1. The van der Waals surface area contributed by atoms with E-state index in [-0.39, 0.29) is 6.61 Å². The Morgan fingerprint density at radius 2 is 1.70 bits per heavy atom.